The summed E-state index contributed by atoms with van der Waals surface area (Å²) in [5.74, 6) is -0.902. The highest BCUT2D eigenvalue weighted by molar-refractivity contribution is 9.10. The number of amides is 1. The van der Waals surface area contributed by atoms with Crippen LogP contribution in [0.25, 0.3) is 0 Å². The Morgan fingerprint density at radius 3 is 2.50 bits per heavy atom. The first-order chi connectivity index (χ1) is 10.2. The van der Waals surface area contributed by atoms with Gasteiger partial charge in [-0.2, -0.15) is 13.2 Å². The average Bonchev–Trinajstić information content (AvgIpc) is 2.60. The van der Waals surface area contributed by atoms with E-state index >= 15 is 0 Å². The molecule has 0 bridgehead atoms. The molecule has 1 saturated heterocycles. The van der Waals surface area contributed by atoms with Crippen LogP contribution < -0.4 is 0 Å². The van der Waals surface area contributed by atoms with Crippen LogP contribution in [0.5, 0.6) is 0 Å². The van der Waals surface area contributed by atoms with E-state index in [9.17, 15) is 22.4 Å². The molecule has 0 N–H and O–H groups in total. The summed E-state index contributed by atoms with van der Waals surface area (Å²) in [5.41, 5.74) is 0.191. The van der Waals surface area contributed by atoms with Crippen LogP contribution in [-0.4, -0.2) is 54.6 Å². The summed E-state index contributed by atoms with van der Waals surface area (Å²) in [6, 6.07) is 3.87. The minimum absolute atomic E-state index is 0.154. The summed E-state index contributed by atoms with van der Waals surface area (Å²) in [6.45, 7) is 0.0305. The summed E-state index contributed by atoms with van der Waals surface area (Å²) < 4.78 is 51.0. The Morgan fingerprint density at radius 1 is 1.14 bits per heavy atom. The van der Waals surface area contributed by atoms with Crippen LogP contribution in [0.15, 0.2) is 22.7 Å². The van der Waals surface area contributed by atoms with Crippen molar-refractivity contribution in [3.05, 3.63) is 34.1 Å². The molecule has 8 heteroatoms. The molecule has 3 nitrogen and oxygen atoms in total. The van der Waals surface area contributed by atoms with E-state index < -0.39 is 18.5 Å². The highest BCUT2D eigenvalue weighted by Crippen LogP contribution is 2.19. The first kappa shape index (κ1) is 17.2. The van der Waals surface area contributed by atoms with Gasteiger partial charge in [0.25, 0.3) is 5.91 Å². The van der Waals surface area contributed by atoms with E-state index in [1.165, 1.54) is 21.9 Å². The van der Waals surface area contributed by atoms with Gasteiger partial charge in [0, 0.05) is 36.2 Å². The summed E-state index contributed by atoms with van der Waals surface area (Å²) >= 11 is 3.12. The standard InChI is InChI=1S/C14H15BrF4N2O/c15-11-6-10(7-12(16)8-11)13(22)21-3-1-2-20(4-5-21)9-14(17,18)19/h6-8H,1-5,9H2. The van der Waals surface area contributed by atoms with E-state index in [-0.39, 0.29) is 31.1 Å². The van der Waals surface area contributed by atoms with Crippen LogP contribution in [0.3, 0.4) is 0 Å². The summed E-state index contributed by atoms with van der Waals surface area (Å²) in [4.78, 5) is 15.1. The molecular formula is C14H15BrF4N2O. The molecule has 0 aliphatic carbocycles. The van der Waals surface area contributed by atoms with Crippen molar-refractivity contribution in [3.63, 3.8) is 0 Å². The fourth-order valence-electron chi connectivity index (χ4n) is 2.45. The highest BCUT2D eigenvalue weighted by atomic mass is 79.9. The molecule has 0 unspecified atom stereocenters. The van der Waals surface area contributed by atoms with Gasteiger partial charge in [0.15, 0.2) is 0 Å². The normalized spacial score (nSPS) is 17.4. The van der Waals surface area contributed by atoms with Crippen LogP contribution in [0.4, 0.5) is 17.6 Å². The van der Waals surface area contributed by atoms with Crippen LogP contribution in [0.2, 0.25) is 0 Å². The molecule has 1 aromatic carbocycles. The smallest absolute Gasteiger partial charge is 0.337 e. The molecule has 2 rings (SSSR count). The fourth-order valence-corrected chi connectivity index (χ4v) is 2.91. The maximum atomic E-state index is 13.3. The monoisotopic (exact) mass is 382 g/mol. The van der Waals surface area contributed by atoms with Gasteiger partial charge in [0.2, 0.25) is 0 Å². The molecule has 1 aromatic rings. The van der Waals surface area contributed by atoms with Crippen molar-refractivity contribution < 1.29 is 22.4 Å². The zero-order chi connectivity index (χ0) is 16.3. The van der Waals surface area contributed by atoms with Gasteiger partial charge < -0.3 is 4.90 Å². The number of halogens is 5. The van der Waals surface area contributed by atoms with Gasteiger partial charge in [-0.1, -0.05) is 15.9 Å². The molecular weight excluding hydrogens is 368 g/mol. The lowest BCUT2D eigenvalue weighted by Crippen LogP contribution is -2.38. The maximum absolute atomic E-state index is 13.3. The van der Waals surface area contributed by atoms with Crippen molar-refractivity contribution in [3.8, 4) is 0 Å². The summed E-state index contributed by atoms with van der Waals surface area (Å²) in [6.07, 6.45) is -3.79. The van der Waals surface area contributed by atoms with E-state index in [0.29, 0.717) is 17.4 Å². The second kappa shape index (κ2) is 6.95. The predicted octanol–water partition coefficient (Wildman–Crippen LogP) is 3.30. The number of alkyl halides is 3. The van der Waals surface area contributed by atoms with Gasteiger partial charge in [-0.25, -0.2) is 4.39 Å². The molecule has 1 fully saturated rings. The Bertz CT molecular complexity index is 530. The van der Waals surface area contributed by atoms with Crippen LogP contribution in [0, 0.1) is 5.82 Å². The van der Waals surface area contributed by atoms with Crippen LogP contribution in [-0.2, 0) is 0 Å². The number of hydrogen-bond acceptors (Lipinski definition) is 2. The minimum atomic E-state index is -4.24. The molecule has 0 radical (unpaired) electrons. The molecule has 22 heavy (non-hydrogen) atoms. The molecule has 0 atom stereocenters. The second-order valence-corrected chi connectivity index (χ2v) is 6.11. The molecule has 1 amide bonds. The van der Waals surface area contributed by atoms with Crippen molar-refractivity contribution in [2.24, 2.45) is 0 Å². The van der Waals surface area contributed by atoms with E-state index in [0.717, 1.165) is 6.07 Å². The van der Waals surface area contributed by atoms with Gasteiger partial charge in [0.1, 0.15) is 5.82 Å². The van der Waals surface area contributed by atoms with Crippen molar-refractivity contribution in [1.29, 1.82) is 0 Å². The first-order valence-electron chi connectivity index (χ1n) is 6.79. The van der Waals surface area contributed by atoms with E-state index in [2.05, 4.69) is 15.9 Å². The molecule has 1 aliphatic heterocycles. The van der Waals surface area contributed by atoms with Crippen molar-refractivity contribution in [1.82, 2.24) is 9.80 Å². The minimum Gasteiger partial charge on any atom is -0.337 e. The number of benzene rings is 1. The zero-order valence-corrected chi connectivity index (χ0v) is 13.3. The largest absolute Gasteiger partial charge is 0.401 e. The molecule has 1 heterocycles. The number of nitrogens with zero attached hydrogens (tertiary/aromatic N) is 2. The van der Waals surface area contributed by atoms with E-state index in [1.54, 1.807) is 0 Å². The topological polar surface area (TPSA) is 23.6 Å². The number of carbonyl (C=O) groups excluding carboxylic acids is 1. The first-order valence-corrected chi connectivity index (χ1v) is 7.58. The predicted molar refractivity (Wildman–Crippen MR) is 77.1 cm³/mol. The summed E-state index contributed by atoms with van der Waals surface area (Å²) in [7, 11) is 0. The Labute approximate surface area is 134 Å². The van der Waals surface area contributed by atoms with Crippen LogP contribution >= 0.6 is 15.9 Å². The Morgan fingerprint density at radius 2 is 1.86 bits per heavy atom. The summed E-state index contributed by atoms with van der Waals surface area (Å²) in [5, 5.41) is 0. The lowest BCUT2D eigenvalue weighted by molar-refractivity contribution is -0.145. The van der Waals surface area contributed by atoms with Gasteiger partial charge >= 0.3 is 6.18 Å². The number of hydrogen-bond donors (Lipinski definition) is 0. The van der Waals surface area contributed by atoms with E-state index in [4.69, 9.17) is 0 Å². The molecule has 122 valence electrons. The van der Waals surface area contributed by atoms with Crippen molar-refractivity contribution in [2.75, 3.05) is 32.7 Å². The van der Waals surface area contributed by atoms with Gasteiger partial charge in [0.05, 0.1) is 6.54 Å². The molecule has 1 aliphatic rings. The lowest BCUT2D eigenvalue weighted by Gasteiger charge is -2.23. The van der Waals surface area contributed by atoms with Crippen LogP contribution in [0.1, 0.15) is 16.8 Å². The molecule has 0 spiro atoms. The third-order valence-corrected chi connectivity index (χ3v) is 3.85. The molecule has 0 aromatic heterocycles. The molecule has 0 saturated carbocycles. The Kier molecular flexibility index (Phi) is 5.44. The lowest BCUT2D eigenvalue weighted by atomic mass is 10.2. The number of rotatable bonds is 2. The maximum Gasteiger partial charge on any atom is 0.401 e. The fraction of sp³-hybridized carbons (Fsp3) is 0.500. The highest BCUT2D eigenvalue weighted by Gasteiger charge is 2.32. The average molecular weight is 383 g/mol. The van der Waals surface area contributed by atoms with Gasteiger partial charge in [-0.15, -0.1) is 0 Å². The second-order valence-electron chi connectivity index (χ2n) is 5.20. The zero-order valence-electron chi connectivity index (χ0n) is 11.7. The van der Waals surface area contributed by atoms with Gasteiger partial charge in [-0.05, 0) is 24.6 Å². The van der Waals surface area contributed by atoms with Gasteiger partial charge in [-0.3, -0.25) is 9.69 Å². The SMILES string of the molecule is O=C(c1cc(F)cc(Br)c1)N1CCCN(CC(F)(F)F)CC1. The van der Waals surface area contributed by atoms with Crippen molar-refractivity contribution in [2.45, 2.75) is 12.6 Å². The Hall–Kier alpha value is -1.15. The Balaban J connectivity index is 2.02. The third-order valence-electron chi connectivity index (χ3n) is 3.39. The third kappa shape index (κ3) is 4.95. The van der Waals surface area contributed by atoms with Crippen molar-refractivity contribution >= 4 is 21.8 Å². The quantitative estimate of drug-likeness (QED) is 0.732. The number of carbonyl (C=O) groups is 1. The van der Waals surface area contributed by atoms with E-state index in [1.807, 2.05) is 0 Å².